The molecule has 0 unspecified atom stereocenters. The van der Waals surface area contributed by atoms with Crippen LogP contribution in [-0.2, 0) is 4.74 Å². The van der Waals surface area contributed by atoms with E-state index in [4.69, 9.17) is 9.26 Å². The molecule has 1 N–H and O–H groups in total. The first-order valence-corrected chi connectivity index (χ1v) is 5.98. The fraction of sp³-hybridized carbons (Fsp3) is 0.286. The number of ether oxygens (including phenoxy) is 1. The Hall–Kier alpha value is -2.30. The highest BCUT2D eigenvalue weighted by molar-refractivity contribution is 5.97. The number of carbonyl (C=O) groups is 1. The minimum atomic E-state index is -0.503. The van der Waals surface area contributed by atoms with Gasteiger partial charge in [0, 0.05) is 0 Å². The number of rotatable bonds is 3. The van der Waals surface area contributed by atoms with Gasteiger partial charge in [0.15, 0.2) is 5.76 Å². The molecule has 100 valence electrons. The first kappa shape index (κ1) is 13.1. The second kappa shape index (κ2) is 5.14. The number of phenolic OH excluding ortho intramolecular Hbond substituents is 1. The van der Waals surface area contributed by atoms with Crippen LogP contribution in [0.5, 0.6) is 5.75 Å². The molecule has 0 aliphatic rings. The van der Waals surface area contributed by atoms with E-state index in [0.29, 0.717) is 11.3 Å². The third-order valence-electron chi connectivity index (χ3n) is 2.74. The van der Waals surface area contributed by atoms with Crippen molar-refractivity contribution in [3.8, 4) is 17.1 Å². The van der Waals surface area contributed by atoms with Gasteiger partial charge in [-0.1, -0.05) is 11.2 Å². The summed E-state index contributed by atoms with van der Waals surface area (Å²) in [5, 5.41) is 13.7. The number of hydrogen-bond donors (Lipinski definition) is 1. The molecule has 0 aliphatic heterocycles. The van der Waals surface area contributed by atoms with Crippen molar-refractivity contribution in [3.63, 3.8) is 0 Å². The fourth-order valence-electron chi connectivity index (χ4n) is 1.83. The van der Waals surface area contributed by atoms with E-state index < -0.39 is 5.97 Å². The summed E-state index contributed by atoms with van der Waals surface area (Å²) in [7, 11) is 0. The number of hydrogen-bond acceptors (Lipinski definition) is 5. The van der Waals surface area contributed by atoms with Gasteiger partial charge in [-0.05, 0) is 38.5 Å². The zero-order valence-corrected chi connectivity index (χ0v) is 11.1. The highest BCUT2D eigenvalue weighted by Gasteiger charge is 2.24. The number of esters is 1. The zero-order valence-electron chi connectivity index (χ0n) is 11.1. The highest BCUT2D eigenvalue weighted by atomic mass is 16.5. The summed E-state index contributed by atoms with van der Waals surface area (Å²) in [5.74, 6) is -0.230. The molecule has 0 spiro atoms. The average Bonchev–Trinajstić information content (AvgIpc) is 2.71. The topological polar surface area (TPSA) is 72.6 Å². The molecule has 19 heavy (non-hydrogen) atoms. The molecule has 2 rings (SSSR count). The molecule has 0 saturated heterocycles. The summed E-state index contributed by atoms with van der Waals surface area (Å²) in [6, 6.07) is 5.11. The Balaban J connectivity index is 2.54. The third-order valence-corrected chi connectivity index (χ3v) is 2.74. The van der Waals surface area contributed by atoms with Gasteiger partial charge in [-0.25, -0.2) is 4.79 Å². The largest absolute Gasteiger partial charge is 0.507 e. The Morgan fingerprint density at radius 1 is 1.42 bits per heavy atom. The molecule has 1 aromatic carbocycles. The molecular weight excluding hydrogens is 246 g/mol. The molecule has 5 heteroatoms. The summed E-state index contributed by atoms with van der Waals surface area (Å²) in [6.45, 7) is 5.51. The van der Waals surface area contributed by atoms with Gasteiger partial charge < -0.3 is 14.4 Å². The van der Waals surface area contributed by atoms with E-state index in [9.17, 15) is 9.90 Å². The molecule has 0 aliphatic carbocycles. The lowest BCUT2D eigenvalue weighted by Gasteiger charge is -2.05. The van der Waals surface area contributed by atoms with Crippen LogP contribution in [0.25, 0.3) is 11.3 Å². The van der Waals surface area contributed by atoms with Crippen LogP contribution >= 0.6 is 0 Å². The maximum absolute atomic E-state index is 11.9. The van der Waals surface area contributed by atoms with Gasteiger partial charge in [-0.2, -0.15) is 0 Å². The fourth-order valence-corrected chi connectivity index (χ4v) is 1.83. The van der Waals surface area contributed by atoms with Gasteiger partial charge in [0.2, 0.25) is 0 Å². The van der Waals surface area contributed by atoms with E-state index in [2.05, 4.69) is 5.16 Å². The molecule has 0 bridgehead atoms. The molecule has 0 fully saturated rings. The van der Waals surface area contributed by atoms with E-state index in [1.54, 1.807) is 26.0 Å². The number of benzene rings is 1. The van der Waals surface area contributed by atoms with Crippen LogP contribution in [0, 0.1) is 13.8 Å². The van der Waals surface area contributed by atoms with Crippen LogP contribution in [0.3, 0.4) is 0 Å². The van der Waals surface area contributed by atoms with E-state index in [0.717, 1.165) is 5.56 Å². The SMILES string of the molecule is CCOC(=O)c1c(C)noc1-c1ccc(C)cc1O. The normalized spacial score (nSPS) is 10.5. The summed E-state index contributed by atoms with van der Waals surface area (Å²) < 4.78 is 10.1. The van der Waals surface area contributed by atoms with Crippen LogP contribution in [-0.4, -0.2) is 22.8 Å². The third kappa shape index (κ3) is 2.45. The van der Waals surface area contributed by atoms with Gasteiger partial charge in [0.1, 0.15) is 11.3 Å². The maximum Gasteiger partial charge on any atom is 0.344 e. The van der Waals surface area contributed by atoms with E-state index in [-0.39, 0.29) is 23.7 Å². The van der Waals surface area contributed by atoms with Crippen molar-refractivity contribution in [3.05, 3.63) is 35.0 Å². The Labute approximate surface area is 110 Å². The lowest BCUT2D eigenvalue weighted by Crippen LogP contribution is -2.06. The lowest BCUT2D eigenvalue weighted by molar-refractivity contribution is 0.0526. The van der Waals surface area contributed by atoms with Crippen LogP contribution in [0.2, 0.25) is 0 Å². The molecule has 1 aromatic heterocycles. The van der Waals surface area contributed by atoms with Gasteiger partial charge in [0.05, 0.1) is 17.9 Å². The molecule has 0 radical (unpaired) electrons. The van der Waals surface area contributed by atoms with Gasteiger partial charge in [-0.3, -0.25) is 0 Å². The minimum absolute atomic E-state index is 0.0432. The number of aryl methyl sites for hydroxylation is 2. The second-order valence-corrected chi connectivity index (χ2v) is 4.21. The summed E-state index contributed by atoms with van der Waals surface area (Å²) in [6.07, 6.45) is 0. The Bertz CT molecular complexity index is 616. The van der Waals surface area contributed by atoms with Crippen molar-refractivity contribution < 1.29 is 19.2 Å². The molecule has 1 heterocycles. The van der Waals surface area contributed by atoms with Gasteiger partial charge >= 0.3 is 5.97 Å². The van der Waals surface area contributed by atoms with E-state index >= 15 is 0 Å². The van der Waals surface area contributed by atoms with Crippen molar-refractivity contribution in [2.75, 3.05) is 6.61 Å². The highest BCUT2D eigenvalue weighted by Crippen LogP contribution is 2.33. The van der Waals surface area contributed by atoms with Crippen LogP contribution in [0.1, 0.15) is 28.5 Å². The van der Waals surface area contributed by atoms with Crippen molar-refractivity contribution in [2.24, 2.45) is 0 Å². The first-order chi connectivity index (χ1) is 9.04. The molecule has 0 amide bonds. The van der Waals surface area contributed by atoms with Crippen LogP contribution in [0.4, 0.5) is 0 Å². The predicted octanol–water partition coefficient (Wildman–Crippen LogP) is 2.84. The molecule has 0 atom stereocenters. The second-order valence-electron chi connectivity index (χ2n) is 4.21. The number of nitrogens with zero attached hydrogens (tertiary/aromatic N) is 1. The van der Waals surface area contributed by atoms with Crippen molar-refractivity contribution in [2.45, 2.75) is 20.8 Å². The number of aromatic hydroxyl groups is 1. The summed E-state index contributed by atoms with van der Waals surface area (Å²) >= 11 is 0. The first-order valence-electron chi connectivity index (χ1n) is 5.98. The Morgan fingerprint density at radius 2 is 2.16 bits per heavy atom. The smallest absolute Gasteiger partial charge is 0.344 e. The van der Waals surface area contributed by atoms with Crippen molar-refractivity contribution in [1.82, 2.24) is 5.16 Å². The maximum atomic E-state index is 11.9. The van der Waals surface area contributed by atoms with Crippen molar-refractivity contribution >= 4 is 5.97 Å². The molecule has 5 nitrogen and oxygen atoms in total. The monoisotopic (exact) mass is 261 g/mol. The standard InChI is InChI=1S/C14H15NO4/c1-4-18-14(17)12-9(3)15-19-13(12)10-6-5-8(2)7-11(10)16/h5-7,16H,4H2,1-3H3. The zero-order chi connectivity index (χ0) is 14.0. The number of aromatic nitrogens is 1. The quantitative estimate of drug-likeness (QED) is 0.860. The number of phenols is 1. The van der Waals surface area contributed by atoms with Crippen LogP contribution in [0.15, 0.2) is 22.7 Å². The average molecular weight is 261 g/mol. The lowest BCUT2D eigenvalue weighted by atomic mass is 10.0. The Kier molecular flexibility index (Phi) is 3.55. The molecule has 2 aromatic rings. The number of carbonyl (C=O) groups excluding carboxylic acids is 1. The predicted molar refractivity (Wildman–Crippen MR) is 69.0 cm³/mol. The van der Waals surface area contributed by atoms with Gasteiger partial charge in [0.25, 0.3) is 0 Å². The van der Waals surface area contributed by atoms with E-state index in [1.165, 1.54) is 0 Å². The minimum Gasteiger partial charge on any atom is -0.507 e. The molecule has 0 saturated carbocycles. The van der Waals surface area contributed by atoms with Crippen LogP contribution < -0.4 is 0 Å². The van der Waals surface area contributed by atoms with Crippen molar-refractivity contribution in [1.29, 1.82) is 0 Å². The Morgan fingerprint density at radius 3 is 2.79 bits per heavy atom. The van der Waals surface area contributed by atoms with E-state index in [1.807, 2.05) is 13.0 Å². The van der Waals surface area contributed by atoms with Gasteiger partial charge in [-0.15, -0.1) is 0 Å². The summed E-state index contributed by atoms with van der Waals surface area (Å²) in [5.41, 5.74) is 2.03. The summed E-state index contributed by atoms with van der Waals surface area (Å²) in [4.78, 5) is 11.9. The molecular formula is C14H15NO4.